The SMILES string of the molecule is CCOC(=O)C1=C(C)NC(=S)N[C@H]1c1ccccc1OCC(=O)NN=Cc1ccc(-c2ccc(C(=O)OC)c(Cl)c2)o1. The zero-order chi connectivity index (χ0) is 30.2. The Kier molecular flexibility index (Phi) is 9.94. The Bertz CT molecular complexity index is 1580. The van der Waals surface area contributed by atoms with E-state index in [0.29, 0.717) is 44.8 Å². The maximum Gasteiger partial charge on any atom is 0.339 e. The highest BCUT2D eigenvalue weighted by atomic mass is 35.5. The molecule has 42 heavy (non-hydrogen) atoms. The molecule has 13 heteroatoms. The second-order valence-corrected chi connectivity index (χ2v) is 9.61. The summed E-state index contributed by atoms with van der Waals surface area (Å²) >= 11 is 11.5. The number of para-hydroxylation sites is 1. The van der Waals surface area contributed by atoms with E-state index in [4.69, 9.17) is 42.4 Å². The summed E-state index contributed by atoms with van der Waals surface area (Å²) in [4.78, 5) is 36.9. The second-order valence-electron chi connectivity index (χ2n) is 8.80. The molecule has 0 bridgehead atoms. The number of amides is 1. The van der Waals surface area contributed by atoms with Gasteiger partial charge in [-0.05, 0) is 56.4 Å². The van der Waals surface area contributed by atoms with Gasteiger partial charge in [0.1, 0.15) is 17.3 Å². The van der Waals surface area contributed by atoms with Crippen molar-refractivity contribution in [3.8, 4) is 17.1 Å². The Morgan fingerprint density at radius 1 is 1.14 bits per heavy atom. The molecule has 2 heterocycles. The van der Waals surface area contributed by atoms with Crippen molar-refractivity contribution in [3.63, 3.8) is 0 Å². The molecular weight excluding hydrogens is 584 g/mol. The number of thiocarbonyl (C=S) groups is 1. The molecule has 0 fully saturated rings. The number of benzene rings is 2. The van der Waals surface area contributed by atoms with E-state index in [2.05, 4.69) is 21.2 Å². The first-order valence-corrected chi connectivity index (χ1v) is 13.5. The maximum absolute atomic E-state index is 12.7. The number of carbonyl (C=O) groups is 3. The zero-order valence-corrected chi connectivity index (χ0v) is 24.4. The zero-order valence-electron chi connectivity index (χ0n) is 22.9. The van der Waals surface area contributed by atoms with Crippen LogP contribution in [0.5, 0.6) is 5.75 Å². The highest BCUT2D eigenvalue weighted by molar-refractivity contribution is 7.80. The molecule has 1 aromatic heterocycles. The van der Waals surface area contributed by atoms with E-state index >= 15 is 0 Å². The van der Waals surface area contributed by atoms with Gasteiger partial charge in [0, 0.05) is 16.8 Å². The number of methoxy groups -OCH3 is 1. The van der Waals surface area contributed by atoms with E-state index in [-0.39, 0.29) is 23.8 Å². The van der Waals surface area contributed by atoms with Gasteiger partial charge < -0.3 is 29.3 Å². The molecule has 1 aliphatic heterocycles. The number of hydrogen-bond donors (Lipinski definition) is 3. The van der Waals surface area contributed by atoms with E-state index < -0.39 is 23.9 Å². The van der Waals surface area contributed by atoms with E-state index in [1.807, 2.05) is 0 Å². The summed E-state index contributed by atoms with van der Waals surface area (Å²) in [6, 6.07) is 14.5. The first-order chi connectivity index (χ1) is 20.2. The van der Waals surface area contributed by atoms with Crippen molar-refractivity contribution in [3.05, 3.63) is 87.8 Å². The molecule has 1 amide bonds. The summed E-state index contributed by atoms with van der Waals surface area (Å²) in [5, 5.41) is 10.5. The smallest absolute Gasteiger partial charge is 0.339 e. The summed E-state index contributed by atoms with van der Waals surface area (Å²) in [7, 11) is 1.28. The molecule has 2 aromatic carbocycles. The molecule has 218 valence electrons. The lowest BCUT2D eigenvalue weighted by Crippen LogP contribution is -2.45. The van der Waals surface area contributed by atoms with Crippen molar-refractivity contribution < 1.29 is 33.0 Å². The number of hydrazone groups is 1. The molecule has 1 aliphatic rings. The standard InChI is InChI=1S/C29H27ClN4O7S/c1-4-39-28(37)25-16(2)32-29(42)33-26(25)20-7-5-6-8-23(20)40-15-24(35)34-31-14-18-10-12-22(41-18)17-9-11-19(21(30)13-17)27(36)38-3/h5-14,26H,4,15H2,1-3H3,(H,34,35)(H2,32,33,42)/t26-/m0/s1. The lowest BCUT2D eigenvalue weighted by atomic mass is 9.95. The number of nitrogens with one attached hydrogen (secondary N) is 3. The van der Waals surface area contributed by atoms with Crippen LogP contribution in [-0.2, 0) is 19.1 Å². The number of nitrogens with zero attached hydrogens (tertiary/aromatic N) is 1. The average molecular weight is 611 g/mol. The molecule has 3 N–H and O–H groups in total. The summed E-state index contributed by atoms with van der Waals surface area (Å²) in [6.07, 6.45) is 1.33. The van der Waals surface area contributed by atoms with Crippen LogP contribution in [0.4, 0.5) is 0 Å². The third kappa shape index (κ3) is 7.14. The van der Waals surface area contributed by atoms with Crippen LogP contribution in [0, 0.1) is 0 Å². The minimum Gasteiger partial charge on any atom is -0.483 e. The van der Waals surface area contributed by atoms with Crippen LogP contribution in [0.2, 0.25) is 5.02 Å². The van der Waals surface area contributed by atoms with Crippen LogP contribution in [0.1, 0.15) is 41.6 Å². The fourth-order valence-corrected chi connectivity index (χ4v) is 4.65. The summed E-state index contributed by atoms with van der Waals surface area (Å²) < 4.78 is 21.5. The fourth-order valence-electron chi connectivity index (χ4n) is 4.12. The molecule has 3 aromatic rings. The van der Waals surface area contributed by atoms with Crippen LogP contribution < -0.4 is 20.8 Å². The van der Waals surface area contributed by atoms with Crippen LogP contribution in [0.25, 0.3) is 11.3 Å². The fraction of sp³-hybridized carbons (Fsp3) is 0.207. The monoisotopic (exact) mass is 610 g/mol. The van der Waals surface area contributed by atoms with Gasteiger partial charge in [0.25, 0.3) is 5.91 Å². The second kappa shape index (κ2) is 13.8. The van der Waals surface area contributed by atoms with Crippen LogP contribution in [0.3, 0.4) is 0 Å². The molecule has 0 spiro atoms. The summed E-state index contributed by atoms with van der Waals surface area (Å²) in [5.74, 6) is -0.329. The Morgan fingerprint density at radius 2 is 1.93 bits per heavy atom. The molecule has 11 nitrogen and oxygen atoms in total. The van der Waals surface area contributed by atoms with Gasteiger partial charge in [0.05, 0.1) is 42.1 Å². The van der Waals surface area contributed by atoms with Gasteiger partial charge in [-0.3, -0.25) is 4.79 Å². The molecular formula is C29H27ClN4O7S. The van der Waals surface area contributed by atoms with Crippen molar-refractivity contribution >= 4 is 53.0 Å². The normalized spacial score (nSPS) is 14.7. The van der Waals surface area contributed by atoms with Gasteiger partial charge in [-0.2, -0.15) is 5.10 Å². The van der Waals surface area contributed by atoms with Gasteiger partial charge in [-0.15, -0.1) is 0 Å². The number of carbonyl (C=O) groups excluding carboxylic acids is 3. The number of ether oxygens (including phenoxy) is 3. The molecule has 0 radical (unpaired) electrons. The van der Waals surface area contributed by atoms with E-state index in [1.165, 1.54) is 13.3 Å². The van der Waals surface area contributed by atoms with Crippen molar-refractivity contribution in [1.29, 1.82) is 0 Å². The van der Waals surface area contributed by atoms with Crippen molar-refractivity contribution in [1.82, 2.24) is 16.1 Å². The van der Waals surface area contributed by atoms with Crippen molar-refractivity contribution in [2.45, 2.75) is 19.9 Å². The van der Waals surface area contributed by atoms with E-state index in [9.17, 15) is 14.4 Å². The number of esters is 2. The number of furan rings is 1. The molecule has 4 rings (SSSR count). The Labute approximate surface area is 251 Å². The van der Waals surface area contributed by atoms with Gasteiger partial charge in [0.15, 0.2) is 11.7 Å². The van der Waals surface area contributed by atoms with Crippen LogP contribution >= 0.6 is 23.8 Å². The molecule has 0 saturated carbocycles. The minimum atomic E-state index is -0.644. The number of halogens is 1. The van der Waals surface area contributed by atoms with E-state index in [1.54, 1.807) is 68.4 Å². The third-order valence-electron chi connectivity index (χ3n) is 6.02. The predicted molar refractivity (Wildman–Crippen MR) is 159 cm³/mol. The number of allylic oxidation sites excluding steroid dienone is 1. The first kappa shape index (κ1) is 30.3. The predicted octanol–water partition coefficient (Wildman–Crippen LogP) is 4.27. The number of rotatable bonds is 10. The Morgan fingerprint density at radius 3 is 2.67 bits per heavy atom. The quantitative estimate of drug-likeness (QED) is 0.132. The Balaban J connectivity index is 1.39. The van der Waals surface area contributed by atoms with Crippen molar-refractivity contribution in [2.75, 3.05) is 20.3 Å². The summed E-state index contributed by atoms with van der Waals surface area (Å²) in [6.45, 7) is 3.32. The van der Waals surface area contributed by atoms with Gasteiger partial charge >= 0.3 is 11.9 Å². The lowest BCUT2D eigenvalue weighted by molar-refractivity contribution is -0.139. The molecule has 0 saturated heterocycles. The van der Waals surface area contributed by atoms with Crippen molar-refractivity contribution in [2.24, 2.45) is 5.10 Å². The minimum absolute atomic E-state index is 0.212. The topological polar surface area (TPSA) is 140 Å². The lowest BCUT2D eigenvalue weighted by Gasteiger charge is -2.30. The van der Waals surface area contributed by atoms with Gasteiger partial charge in [0.2, 0.25) is 0 Å². The molecule has 0 aliphatic carbocycles. The highest BCUT2D eigenvalue weighted by Crippen LogP contribution is 2.33. The van der Waals surface area contributed by atoms with Crippen LogP contribution in [-0.4, -0.2) is 49.5 Å². The van der Waals surface area contributed by atoms with Gasteiger partial charge in [-0.1, -0.05) is 35.9 Å². The molecule has 0 unspecified atom stereocenters. The van der Waals surface area contributed by atoms with Crippen LogP contribution in [0.15, 0.2) is 75.4 Å². The Hall–Kier alpha value is -4.68. The first-order valence-electron chi connectivity index (χ1n) is 12.7. The van der Waals surface area contributed by atoms with E-state index in [0.717, 1.165) is 0 Å². The average Bonchev–Trinajstić information content (AvgIpc) is 3.44. The molecule has 1 atom stereocenters. The number of hydrogen-bond acceptors (Lipinski definition) is 9. The third-order valence-corrected chi connectivity index (χ3v) is 6.55. The largest absolute Gasteiger partial charge is 0.483 e. The maximum atomic E-state index is 12.7. The summed E-state index contributed by atoms with van der Waals surface area (Å²) in [5.41, 5.74) is 4.79. The van der Waals surface area contributed by atoms with Gasteiger partial charge in [-0.25, -0.2) is 15.0 Å². The highest BCUT2D eigenvalue weighted by Gasteiger charge is 2.32.